The van der Waals surface area contributed by atoms with Crippen LogP contribution in [0.5, 0.6) is 5.88 Å². The lowest BCUT2D eigenvalue weighted by Gasteiger charge is -2.03. The van der Waals surface area contributed by atoms with Crippen molar-refractivity contribution < 1.29 is 5.11 Å². The highest BCUT2D eigenvalue weighted by Crippen LogP contribution is 2.37. The third-order valence-corrected chi connectivity index (χ3v) is 3.72. The first-order valence-electron chi connectivity index (χ1n) is 6.62. The second kappa shape index (κ2) is 4.14. The molecule has 0 aliphatic carbocycles. The Balaban J connectivity index is 2.03. The molecule has 2 nitrogen and oxygen atoms in total. The van der Waals surface area contributed by atoms with Crippen molar-refractivity contribution in [2.24, 2.45) is 0 Å². The summed E-state index contributed by atoms with van der Waals surface area (Å²) in [5.74, 6) is 0.224. The Morgan fingerprint density at radius 1 is 0.750 bits per heavy atom. The summed E-state index contributed by atoms with van der Waals surface area (Å²) < 4.78 is 0. The molecule has 0 unspecified atom stereocenters. The Kier molecular flexibility index (Phi) is 2.30. The van der Waals surface area contributed by atoms with Crippen molar-refractivity contribution in [1.29, 1.82) is 0 Å². The van der Waals surface area contributed by atoms with Crippen LogP contribution < -0.4 is 0 Å². The maximum absolute atomic E-state index is 10.2. The third kappa shape index (κ3) is 1.58. The molecule has 0 fully saturated rings. The second-order valence-corrected chi connectivity index (χ2v) is 4.96. The van der Waals surface area contributed by atoms with Gasteiger partial charge in [-0.2, -0.15) is 0 Å². The minimum absolute atomic E-state index is 0.224. The first kappa shape index (κ1) is 11.1. The van der Waals surface area contributed by atoms with Crippen molar-refractivity contribution in [3.05, 3.63) is 66.7 Å². The van der Waals surface area contributed by atoms with Crippen molar-refractivity contribution in [3.63, 3.8) is 0 Å². The maximum atomic E-state index is 10.2. The number of aromatic hydroxyl groups is 1. The summed E-state index contributed by atoms with van der Waals surface area (Å²) in [6.45, 7) is 0. The van der Waals surface area contributed by atoms with Crippen molar-refractivity contribution in [2.75, 3.05) is 0 Å². The normalized spacial score (nSPS) is 11.2. The van der Waals surface area contributed by atoms with Crippen LogP contribution in [0.3, 0.4) is 0 Å². The lowest BCUT2D eigenvalue weighted by Crippen LogP contribution is -1.78. The van der Waals surface area contributed by atoms with Crippen LogP contribution in [0.4, 0.5) is 0 Å². The SMILES string of the molecule is Oc1[nH]c2ccccc2c1-c1ccc2ccccc2c1. The molecule has 2 N–H and O–H groups in total. The van der Waals surface area contributed by atoms with Crippen LogP contribution >= 0.6 is 0 Å². The Hall–Kier alpha value is -2.74. The molecule has 0 aliphatic heterocycles. The molecule has 1 aromatic heterocycles. The number of nitrogens with one attached hydrogen (secondary N) is 1. The van der Waals surface area contributed by atoms with Crippen LogP contribution in [-0.4, -0.2) is 10.1 Å². The van der Waals surface area contributed by atoms with Gasteiger partial charge in [0.2, 0.25) is 0 Å². The average Bonchev–Trinajstić information content (AvgIpc) is 2.82. The number of aromatic amines is 1. The second-order valence-electron chi connectivity index (χ2n) is 4.96. The maximum Gasteiger partial charge on any atom is 0.197 e. The monoisotopic (exact) mass is 259 g/mol. The summed E-state index contributed by atoms with van der Waals surface area (Å²) >= 11 is 0. The topological polar surface area (TPSA) is 36.0 Å². The van der Waals surface area contributed by atoms with E-state index in [1.807, 2.05) is 36.4 Å². The molecular weight excluding hydrogens is 246 g/mol. The fourth-order valence-corrected chi connectivity index (χ4v) is 2.76. The molecule has 2 heteroatoms. The summed E-state index contributed by atoms with van der Waals surface area (Å²) in [5.41, 5.74) is 2.85. The van der Waals surface area contributed by atoms with E-state index in [-0.39, 0.29) is 5.88 Å². The summed E-state index contributed by atoms with van der Waals surface area (Å²) in [6.07, 6.45) is 0. The number of fused-ring (bicyclic) bond motifs is 2. The van der Waals surface area contributed by atoms with Crippen LogP contribution in [0.15, 0.2) is 66.7 Å². The first-order chi connectivity index (χ1) is 9.83. The molecule has 0 saturated heterocycles. The van der Waals surface area contributed by atoms with Gasteiger partial charge in [-0.05, 0) is 28.5 Å². The van der Waals surface area contributed by atoms with Gasteiger partial charge in [-0.1, -0.05) is 54.6 Å². The van der Waals surface area contributed by atoms with Gasteiger partial charge in [0, 0.05) is 10.9 Å². The Labute approximate surface area is 116 Å². The molecule has 0 saturated carbocycles. The molecule has 4 rings (SSSR count). The molecule has 0 amide bonds. The van der Waals surface area contributed by atoms with Gasteiger partial charge < -0.3 is 10.1 Å². The third-order valence-electron chi connectivity index (χ3n) is 3.72. The molecule has 96 valence electrons. The van der Waals surface area contributed by atoms with Crippen LogP contribution in [0, 0.1) is 0 Å². The molecule has 0 aliphatic rings. The smallest absolute Gasteiger partial charge is 0.197 e. The molecule has 1 heterocycles. The number of benzene rings is 3. The van der Waals surface area contributed by atoms with Gasteiger partial charge >= 0.3 is 0 Å². The number of H-pyrrole nitrogens is 1. The fourth-order valence-electron chi connectivity index (χ4n) is 2.76. The summed E-state index contributed by atoms with van der Waals surface area (Å²) in [4.78, 5) is 3.03. The van der Waals surface area contributed by atoms with E-state index in [4.69, 9.17) is 0 Å². The zero-order chi connectivity index (χ0) is 13.5. The minimum atomic E-state index is 0.224. The first-order valence-corrected chi connectivity index (χ1v) is 6.62. The molecule has 0 radical (unpaired) electrons. The summed E-state index contributed by atoms with van der Waals surface area (Å²) in [7, 11) is 0. The zero-order valence-corrected chi connectivity index (χ0v) is 10.8. The zero-order valence-electron chi connectivity index (χ0n) is 10.8. The van der Waals surface area contributed by atoms with E-state index in [1.165, 1.54) is 10.8 Å². The minimum Gasteiger partial charge on any atom is -0.494 e. The molecular formula is C18H13NO. The Morgan fingerprint density at radius 3 is 2.40 bits per heavy atom. The molecule has 0 spiro atoms. The van der Waals surface area contributed by atoms with Gasteiger partial charge in [-0.3, -0.25) is 0 Å². The van der Waals surface area contributed by atoms with Gasteiger partial charge in [0.05, 0.1) is 5.56 Å². The van der Waals surface area contributed by atoms with E-state index < -0.39 is 0 Å². The van der Waals surface area contributed by atoms with E-state index in [0.717, 1.165) is 22.0 Å². The largest absolute Gasteiger partial charge is 0.494 e. The van der Waals surface area contributed by atoms with Gasteiger partial charge in [-0.15, -0.1) is 0 Å². The molecule has 20 heavy (non-hydrogen) atoms. The Morgan fingerprint density at radius 2 is 1.50 bits per heavy atom. The highest BCUT2D eigenvalue weighted by atomic mass is 16.3. The van der Waals surface area contributed by atoms with Crippen molar-refractivity contribution >= 4 is 21.7 Å². The lowest BCUT2D eigenvalue weighted by atomic mass is 10.0. The van der Waals surface area contributed by atoms with Crippen LogP contribution in [0.2, 0.25) is 0 Å². The highest BCUT2D eigenvalue weighted by Gasteiger charge is 2.12. The summed E-state index contributed by atoms with van der Waals surface area (Å²) in [6, 6.07) is 22.4. The average molecular weight is 259 g/mol. The quantitative estimate of drug-likeness (QED) is 0.511. The number of para-hydroxylation sites is 1. The highest BCUT2D eigenvalue weighted by molar-refractivity contribution is 6.01. The van der Waals surface area contributed by atoms with E-state index >= 15 is 0 Å². The van der Waals surface area contributed by atoms with Crippen molar-refractivity contribution in [2.45, 2.75) is 0 Å². The van der Waals surface area contributed by atoms with Gasteiger partial charge in [-0.25, -0.2) is 0 Å². The fraction of sp³-hybridized carbons (Fsp3) is 0. The van der Waals surface area contributed by atoms with E-state index in [2.05, 4.69) is 35.3 Å². The number of rotatable bonds is 1. The predicted octanol–water partition coefficient (Wildman–Crippen LogP) is 4.69. The predicted molar refractivity (Wildman–Crippen MR) is 82.9 cm³/mol. The standard InChI is InChI=1S/C18H13NO/c20-18-17(15-7-3-4-8-16(15)19-18)14-10-9-12-5-1-2-6-13(12)11-14/h1-11,19-20H. The number of hydrogen-bond acceptors (Lipinski definition) is 1. The van der Waals surface area contributed by atoms with Crippen molar-refractivity contribution in [1.82, 2.24) is 4.98 Å². The number of aromatic nitrogens is 1. The molecule has 4 aromatic rings. The molecule has 0 bridgehead atoms. The van der Waals surface area contributed by atoms with Crippen molar-refractivity contribution in [3.8, 4) is 17.0 Å². The molecule has 3 aromatic carbocycles. The lowest BCUT2D eigenvalue weighted by molar-refractivity contribution is 0.460. The Bertz CT molecular complexity index is 921. The van der Waals surface area contributed by atoms with Gasteiger partial charge in [0.25, 0.3) is 0 Å². The van der Waals surface area contributed by atoms with Crippen LogP contribution in [0.1, 0.15) is 0 Å². The van der Waals surface area contributed by atoms with Gasteiger partial charge in [0.1, 0.15) is 0 Å². The van der Waals surface area contributed by atoms with E-state index in [1.54, 1.807) is 0 Å². The van der Waals surface area contributed by atoms with Gasteiger partial charge in [0.15, 0.2) is 5.88 Å². The van der Waals surface area contributed by atoms with Crippen LogP contribution in [-0.2, 0) is 0 Å². The van der Waals surface area contributed by atoms with E-state index in [0.29, 0.717) is 0 Å². The van der Waals surface area contributed by atoms with E-state index in [9.17, 15) is 5.11 Å². The molecule has 0 atom stereocenters. The summed E-state index contributed by atoms with van der Waals surface area (Å²) in [5, 5.41) is 13.6. The van der Waals surface area contributed by atoms with Crippen LogP contribution in [0.25, 0.3) is 32.8 Å². The number of hydrogen-bond donors (Lipinski definition) is 2.